The van der Waals surface area contributed by atoms with Crippen LogP contribution in [0.1, 0.15) is 30.6 Å². The average Bonchev–Trinajstić information content (AvgIpc) is 2.33. The highest BCUT2D eigenvalue weighted by Gasteiger charge is 2.05. The predicted octanol–water partition coefficient (Wildman–Crippen LogP) is 2.78. The molecule has 0 atom stereocenters. The Hall–Kier alpha value is -1.77. The molecule has 0 aromatic heterocycles. The summed E-state index contributed by atoms with van der Waals surface area (Å²) in [5, 5.41) is 2.79. The molecule has 3 nitrogen and oxygen atoms in total. The van der Waals surface area contributed by atoms with Gasteiger partial charge in [0.25, 0.3) is 5.91 Å². The first-order valence-electron chi connectivity index (χ1n) is 5.79. The van der Waals surface area contributed by atoms with E-state index in [1.165, 1.54) is 0 Å². The average molecular weight is 233 g/mol. The van der Waals surface area contributed by atoms with Crippen molar-refractivity contribution in [2.75, 3.05) is 13.2 Å². The van der Waals surface area contributed by atoms with E-state index in [0.29, 0.717) is 18.7 Å². The minimum Gasteiger partial charge on any atom is -0.494 e. The maximum absolute atomic E-state index is 11.8. The molecule has 1 rings (SSSR count). The minimum atomic E-state index is -0.102. The number of carbonyl (C=O) groups excluding carboxylic acids is 1. The van der Waals surface area contributed by atoms with Crippen molar-refractivity contribution in [1.82, 2.24) is 5.32 Å². The van der Waals surface area contributed by atoms with Gasteiger partial charge in [-0.15, -0.1) is 0 Å². The largest absolute Gasteiger partial charge is 0.494 e. The van der Waals surface area contributed by atoms with Gasteiger partial charge in [-0.25, -0.2) is 0 Å². The molecule has 0 saturated carbocycles. The van der Waals surface area contributed by atoms with Crippen molar-refractivity contribution in [2.24, 2.45) is 0 Å². The van der Waals surface area contributed by atoms with Crippen LogP contribution in [0.5, 0.6) is 5.75 Å². The molecule has 1 amide bonds. The second kappa shape index (κ2) is 6.74. The molecular formula is C14H19NO2. The molecule has 17 heavy (non-hydrogen) atoms. The quantitative estimate of drug-likeness (QED) is 0.767. The molecule has 0 aliphatic rings. The number of ether oxygens (including phenoxy) is 1. The normalized spacial score (nSPS) is 9.76. The SMILES string of the molecule is C=C(C)CNC(=O)c1cccc(OCCC)c1. The fourth-order valence-electron chi connectivity index (χ4n) is 1.28. The fourth-order valence-corrected chi connectivity index (χ4v) is 1.28. The Morgan fingerprint density at radius 3 is 2.88 bits per heavy atom. The molecule has 0 aliphatic carbocycles. The lowest BCUT2D eigenvalue weighted by atomic mass is 10.2. The van der Waals surface area contributed by atoms with Crippen LogP contribution < -0.4 is 10.1 Å². The Morgan fingerprint density at radius 1 is 1.47 bits per heavy atom. The molecule has 1 N–H and O–H groups in total. The van der Waals surface area contributed by atoms with Crippen LogP contribution >= 0.6 is 0 Å². The highest BCUT2D eigenvalue weighted by Crippen LogP contribution is 2.13. The van der Waals surface area contributed by atoms with Gasteiger partial charge in [-0.1, -0.05) is 25.1 Å². The van der Waals surface area contributed by atoms with Crippen LogP contribution in [0.4, 0.5) is 0 Å². The lowest BCUT2D eigenvalue weighted by Crippen LogP contribution is -2.24. The molecule has 3 heteroatoms. The van der Waals surface area contributed by atoms with Crippen molar-refractivity contribution >= 4 is 5.91 Å². The number of nitrogens with one attached hydrogen (secondary N) is 1. The molecule has 0 radical (unpaired) electrons. The van der Waals surface area contributed by atoms with Crippen molar-refractivity contribution in [2.45, 2.75) is 20.3 Å². The Kier molecular flexibility index (Phi) is 5.27. The predicted molar refractivity (Wildman–Crippen MR) is 69.4 cm³/mol. The second-order valence-corrected chi connectivity index (χ2v) is 4.02. The summed E-state index contributed by atoms with van der Waals surface area (Å²) >= 11 is 0. The van der Waals surface area contributed by atoms with Crippen molar-refractivity contribution in [1.29, 1.82) is 0 Å². The number of hydrogen-bond acceptors (Lipinski definition) is 2. The van der Waals surface area contributed by atoms with Gasteiger partial charge in [0.05, 0.1) is 6.61 Å². The molecule has 0 aliphatic heterocycles. The standard InChI is InChI=1S/C14H19NO2/c1-4-8-17-13-7-5-6-12(9-13)14(16)15-10-11(2)3/h5-7,9H,2,4,8,10H2,1,3H3,(H,15,16). The Morgan fingerprint density at radius 2 is 2.24 bits per heavy atom. The first kappa shape index (κ1) is 13.3. The fraction of sp³-hybridized carbons (Fsp3) is 0.357. The van der Waals surface area contributed by atoms with Gasteiger partial charge in [0.2, 0.25) is 0 Å². The van der Waals surface area contributed by atoms with E-state index in [2.05, 4.69) is 11.9 Å². The van der Waals surface area contributed by atoms with Crippen LogP contribution in [-0.2, 0) is 0 Å². The molecule has 1 aromatic carbocycles. The van der Waals surface area contributed by atoms with E-state index in [0.717, 1.165) is 17.7 Å². The second-order valence-electron chi connectivity index (χ2n) is 4.02. The number of benzene rings is 1. The van der Waals surface area contributed by atoms with Crippen LogP contribution in [0.2, 0.25) is 0 Å². The maximum atomic E-state index is 11.8. The summed E-state index contributed by atoms with van der Waals surface area (Å²) in [5.74, 6) is 0.629. The number of hydrogen-bond donors (Lipinski definition) is 1. The van der Waals surface area contributed by atoms with Crippen LogP contribution in [0.3, 0.4) is 0 Å². The molecule has 0 heterocycles. The van der Waals surface area contributed by atoms with Crippen LogP contribution in [0.25, 0.3) is 0 Å². The molecule has 0 spiro atoms. The summed E-state index contributed by atoms with van der Waals surface area (Å²) in [6.07, 6.45) is 0.950. The lowest BCUT2D eigenvalue weighted by Gasteiger charge is -2.07. The topological polar surface area (TPSA) is 38.3 Å². The Bertz CT molecular complexity index is 399. The van der Waals surface area contributed by atoms with Crippen molar-refractivity contribution in [3.05, 3.63) is 42.0 Å². The summed E-state index contributed by atoms with van der Waals surface area (Å²) in [6.45, 7) is 8.82. The first-order valence-corrected chi connectivity index (χ1v) is 5.79. The third-order valence-corrected chi connectivity index (χ3v) is 2.12. The van der Waals surface area contributed by atoms with Gasteiger partial charge in [-0.3, -0.25) is 4.79 Å². The van der Waals surface area contributed by atoms with Crippen molar-refractivity contribution < 1.29 is 9.53 Å². The highest BCUT2D eigenvalue weighted by molar-refractivity contribution is 5.94. The van der Waals surface area contributed by atoms with Gasteiger partial charge >= 0.3 is 0 Å². The Labute approximate surface area is 102 Å². The van der Waals surface area contributed by atoms with Crippen molar-refractivity contribution in [3.8, 4) is 5.75 Å². The van der Waals surface area contributed by atoms with Gasteiger partial charge < -0.3 is 10.1 Å². The summed E-state index contributed by atoms with van der Waals surface area (Å²) in [7, 11) is 0. The first-order chi connectivity index (χ1) is 8.13. The summed E-state index contributed by atoms with van der Waals surface area (Å²) in [6, 6.07) is 7.20. The zero-order chi connectivity index (χ0) is 12.7. The molecular weight excluding hydrogens is 214 g/mol. The lowest BCUT2D eigenvalue weighted by molar-refractivity contribution is 0.0956. The van der Waals surface area contributed by atoms with E-state index in [1.54, 1.807) is 12.1 Å². The summed E-state index contributed by atoms with van der Waals surface area (Å²) < 4.78 is 5.47. The minimum absolute atomic E-state index is 0.102. The Balaban J connectivity index is 2.63. The number of rotatable bonds is 6. The zero-order valence-corrected chi connectivity index (χ0v) is 10.5. The van der Waals surface area contributed by atoms with E-state index in [-0.39, 0.29) is 5.91 Å². The van der Waals surface area contributed by atoms with Gasteiger partial charge in [-0.2, -0.15) is 0 Å². The molecule has 0 fully saturated rings. The molecule has 1 aromatic rings. The third kappa shape index (κ3) is 4.72. The summed E-state index contributed by atoms with van der Waals surface area (Å²) in [5.41, 5.74) is 1.54. The highest BCUT2D eigenvalue weighted by atomic mass is 16.5. The van der Waals surface area contributed by atoms with Crippen LogP contribution in [-0.4, -0.2) is 19.1 Å². The number of carbonyl (C=O) groups is 1. The van der Waals surface area contributed by atoms with E-state index >= 15 is 0 Å². The van der Waals surface area contributed by atoms with Crippen LogP contribution in [0, 0.1) is 0 Å². The monoisotopic (exact) mass is 233 g/mol. The van der Waals surface area contributed by atoms with E-state index < -0.39 is 0 Å². The maximum Gasteiger partial charge on any atom is 0.251 e. The molecule has 92 valence electrons. The third-order valence-electron chi connectivity index (χ3n) is 2.12. The van der Waals surface area contributed by atoms with Gasteiger partial charge in [-0.05, 0) is 31.5 Å². The van der Waals surface area contributed by atoms with E-state index in [1.807, 2.05) is 26.0 Å². The summed E-state index contributed by atoms with van der Waals surface area (Å²) in [4.78, 5) is 11.8. The van der Waals surface area contributed by atoms with E-state index in [4.69, 9.17) is 4.74 Å². The van der Waals surface area contributed by atoms with Crippen molar-refractivity contribution in [3.63, 3.8) is 0 Å². The number of amides is 1. The molecule has 0 unspecified atom stereocenters. The van der Waals surface area contributed by atoms with E-state index in [9.17, 15) is 4.79 Å². The zero-order valence-electron chi connectivity index (χ0n) is 10.5. The van der Waals surface area contributed by atoms with Gasteiger partial charge in [0.1, 0.15) is 5.75 Å². The van der Waals surface area contributed by atoms with Gasteiger partial charge in [0, 0.05) is 12.1 Å². The smallest absolute Gasteiger partial charge is 0.251 e. The molecule has 0 saturated heterocycles. The molecule has 0 bridgehead atoms. The van der Waals surface area contributed by atoms with Crippen LogP contribution in [0.15, 0.2) is 36.4 Å². The van der Waals surface area contributed by atoms with Gasteiger partial charge in [0.15, 0.2) is 0 Å².